The Bertz CT molecular complexity index is 324. The monoisotopic (exact) mass is 266 g/mol. The third-order valence-corrected chi connectivity index (χ3v) is 3.13. The zero-order valence-electron chi connectivity index (χ0n) is 12.5. The van der Waals surface area contributed by atoms with E-state index >= 15 is 0 Å². The van der Waals surface area contributed by atoms with Gasteiger partial charge < -0.3 is 14.8 Å². The van der Waals surface area contributed by atoms with Crippen LogP contribution in [0.15, 0.2) is 24.3 Å². The number of quaternary nitrogens is 1. The van der Waals surface area contributed by atoms with Crippen LogP contribution in [0.2, 0.25) is 0 Å². The Hall–Kier alpha value is -1.22. The lowest BCUT2D eigenvalue weighted by Crippen LogP contribution is -2.89. The Kier molecular flexibility index (Phi) is 8.07. The summed E-state index contributed by atoms with van der Waals surface area (Å²) >= 11 is 0. The van der Waals surface area contributed by atoms with Crippen molar-refractivity contribution < 1.29 is 14.8 Å². The summed E-state index contributed by atoms with van der Waals surface area (Å²) in [7, 11) is 0. The maximum absolute atomic E-state index is 5.71. The fourth-order valence-corrected chi connectivity index (χ4v) is 1.69. The van der Waals surface area contributed by atoms with E-state index in [1.165, 1.54) is 6.42 Å². The first-order valence-electron chi connectivity index (χ1n) is 7.45. The number of nitrogens with two attached hydrogens (primary N) is 1. The summed E-state index contributed by atoms with van der Waals surface area (Å²) in [5.74, 6) is 1.84. The van der Waals surface area contributed by atoms with E-state index in [9.17, 15) is 0 Å². The first-order valence-corrected chi connectivity index (χ1v) is 7.45. The molecule has 2 N–H and O–H groups in total. The van der Waals surface area contributed by atoms with E-state index < -0.39 is 0 Å². The molecule has 0 unspecified atom stereocenters. The molecule has 0 saturated heterocycles. The van der Waals surface area contributed by atoms with E-state index in [1.54, 1.807) is 0 Å². The van der Waals surface area contributed by atoms with Crippen LogP contribution in [0.5, 0.6) is 11.5 Å². The van der Waals surface area contributed by atoms with Crippen molar-refractivity contribution in [1.82, 2.24) is 0 Å². The highest BCUT2D eigenvalue weighted by Crippen LogP contribution is 2.17. The van der Waals surface area contributed by atoms with E-state index in [1.807, 2.05) is 24.3 Å². The van der Waals surface area contributed by atoms with Crippen molar-refractivity contribution in [3.05, 3.63) is 24.3 Å². The van der Waals surface area contributed by atoms with Crippen molar-refractivity contribution in [3.63, 3.8) is 0 Å². The van der Waals surface area contributed by atoms with Gasteiger partial charge in [-0.1, -0.05) is 13.8 Å². The second-order valence-corrected chi connectivity index (χ2v) is 4.93. The Balaban J connectivity index is 2.15. The maximum atomic E-state index is 5.71. The zero-order valence-corrected chi connectivity index (χ0v) is 12.5. The van der Waals surface area contributed by atoms with E-state index in [0.717, 1.165) is 50.1 Å². The molecule has 0 heterocycles. The van der Waals surface area contributed by atoms with Gasteiger partial charge in [0.05, 0.1) is 25.8 Å². The molecular weight excluding hydrogens is 238 g/mol. The maximum Gasteiger partial charge on any atom is 0.119 e. The van der Waals surface area contributed by atoms with Gasteiger partial charge in [0.25, 0.3) is 0 Å². The molecule has 1 aromatic carbocycles. The highest BCUT2D eigenvalue weighted by molar-refractivity contribution is 5.31. The summed E-state index contributed by atoms with van der Waals surface area (Å²) in [5.41, 5.74) is 0. The lowest BCUT2D eigenvalue weighted by molar-refractivity contribution is -0.686. The van der Waals surface area contributed by atoms with Crippen molar-refractivity contribution in [1.29, 1.82) is 0 Å². The number of hydrogen-bond donors (Lipinski definition) is 1. The van der Waals surface area contributed by atoms with Gasteiger partial charge in [0.1, 0.15) is 11.5 Å². The summed E-state index contributed by atoms with van der Waals surface area (Å²) in [5, 5.41) is 2.38. The third kappa shape index (κ3) is 7.06. The van der Waals surface area contributed by atoms with Gasteiger partial charge in [-0.15, -0.1) is 0 Å². The molecule has 0 aromatic heterocycles. The SMILES string of the molecule is CCCOc1ccc(OCCC[NH2+][C@H](C)CC)cc1. The van der Waals surface area contributed by atoms with Gasteiger partial charge in [0.15, 0.2) is 0 Å². The van der Waals surface area contributed by atoms with Crippen molar-refractivity contribution in [2.45, 2.75) is 46.1 Å². The van der Waals surface area contributed by atoms with Crippen molar-refractivity contribution in [2.75, 3.05) is 19.8 Å². The lowest BCUT2D eigenvalue weighted by atomic mass is 10.2. The van der Waals surface area contributed by atoms with E-state index in [-0.39, 0.29) is 0 Å². The molecular formula is C16H28NO2+. The number of benzene rings is 1. The first kappa shape index (κ1) is 15.8. The first-order chi connectivity index (χ1) is 9.26. The summed E-state index contributed by atoms with van der Waals surface area (Å²) in [4.78, 5) is 0. The minimum absolute atomic E-state index is 0.718. The molecule has 0 aliphatic rings. The average Bonchev–Trinajstić information content (AvgIpc) is 2.45. The Labute approximate surface area is 117 Å². The number of hydrogen-bond acceptors (Lipinski definition) is 2. The predicted molar refractivity (Wildman–Crippen MR) is 78.9 cm³/mol. The molecule has 1 atom stereocenters. The summed E-state index contributed by atoms with van der Waals surface area (Å²) in [6.07, 6.45) is 3.34. The molecule has 0 radical (unpaired) electrons. The Morgan fingerprint density at radius 2 is 1.58 bits per heavy atom. The molecule has 19 heavy (non-hydrogen) atoms. The van der Waals surface area contributed by atoms with E-state index in [0.29, 0.717) is 0 Å². The highest BCUT2D eigenvalue weighted by atomic mass is 16.5. The normalized spacial score (nSPS) is 12.2. The van der Waals surface area contributed by atoms with Crippen LogP contribution < -0.4 is 14.8 Å². The fraction of sp³-hybridized carbons (Fsp3) is 0.625. The molecule has 1 aromatic rings. The van der Waals surface area contributed by atoms with Gasteiger partial charge >= 0.3 is 0 Å². The standard InChI is InChI=1S/C16H27NO2/c1-4-12-18-15-7-9-16(10-8-15)19-13-6-11-17-14(3)5-2/h7-10,14,17H,4-6,11-13H2,1-3H3/p+1/t14-/m1/s1. The second-order valence-electron chi connectivity index (χ2n) is 4.93. The second kappa shape index (κ2) is 9.68. The molecule has 0 amide bonds. The average molecular weight is 266 g/mol. The van der Waals surface area contributed by atoms with Gasteiger partial charge in [-0.2, -0.15) is 0 Å². The van der Waals surface area contributed by atoms with E-state index in [4.69, 9.17) is 9.47 Å². The fourth-order valence-electron chi connectivity index (χ4n) is 1.69. The molecule has 0 saturated carbocycles. The minimum atomic E-state index is 0.718. The quantitative estimate of drug-likeness (QED) is 0.661. The number of rotatable bonds is 10. The summed E-state index contributed by atoms with van der Waals surface area (Å²) in [6.45, 7) is 9.27. The van der Waals surface area contributed by atoms with E-state index in [2.05, 4.69) is 26.1 Å². The van der Waals surface area contributed by atoms with Crippen LogP contribution in [-0.4, -0.2) is 25.8 Å². The molecule has 0 aliphatic heterocycles. The van der Waals surface area contributed by atoms with Gasteiger partial charge in [-0.3, -0.25) is 0 Å². The smallest absolute Gasteiger partial charge is 0.119 e. The van der Waals surface area contributed by atoms with Crippen molar-refractivity contribution in [2.24, 2.45) is 0 Å². The van der Waals surface area contributed by atoms with Crippen molar-refractivity contribution >= 4 is 0 Å². The number of ether oxygens (including phenoxy) is 2. The molecule has 0 fully saturated rings. The van der Waals surface area contributed by atoms with Gasteiger partial charge in [0.2, 0.25) is 0 Å². The van der Waals surface area contributed by atoms with Crippen LogP contribution >= 0.6 is 0 Å². The zero-order chi connectivity index (χ0) is 13.9. The molecule has 3 heteroatoms. The molecule has 3 nitrogen and oxygen atoms in total. The van der Waals surface area contributed by atoms with Crippen LogP contribution in [0.4, 0.5) is 0 Å². The lowest BCUT2D eigenvalue weighted by Gasteiger charge is -2.09. The van der Waals surface area contributed by atoms with Crippen LogP contribution in [0.25, 0.3) is 0 Å². The largest absolute Gasteiger partial charge is 0.494 e. The summed E-state index contributed by atoms with van der Waals surface area (Å²) in [6, 6.07) is 8.61. The van der Waals surface area contributed by atoms with Crippen LogP contribution in [0.3, 0.4) is 0 Å². The Morgan fingerprint density at radius 3 is 2.11 bits per heavy atom. The van der Waals surface area contributed by atoms with Gasteiger partial charge in [-0.05, 0) is 44.0 Å². The van der Waals surface area contributed by atoms with Crippen LogP contribution in [0, 0.1) is 0 Å². The highest BCUT2D eigenvalue weighted by Gasteiger charge is 2.00. The third-order valence-electron chi connectivity index (χ3n) is 3.13. The Morgan fingerprint density at radius 1 is 1.00 bits per heavy atom. The summed E-state index contributed by atoms with van der Waals surface area (Å²) < 4.78 is 11.2. The topological polar surface area (TPSA) is 35.1 Å². The predicted octanol–water partition coefficient (Wildman–Crippen LogP) is 2.61. The van der Waals surface area contributed by atoms with Crippen LogP contribution in [-0.2, 0) is 0 Å². The molecule has 0 spiro atoms. The van der Waals surface area contributed by atoms with Gasteiger partial charge in [0, 0.05) is 6.42 Å². The van der Waals surface area contributed by atoms with Crippen LogP contribution in [0.1, 0.15) is 40.0 Å². The molecule has 1 rings (SSSR count). The molecule has 0 bridgehead atoms. The molecule has 0 aliphatic carbocycles. The minimum Gasteiger partial charge on any atom is -0.494 e. The van der Waals surface area contributed by atoms with Crippen molar-refractivity contribution in [3.8, 4) is 11.5 Å². The molecule has 108 valence electrons. The van der Waals surface area contributed by atoms with Gasteiger partial charge in [-0.25, -0.2) is 0 Å².